The fourth-order valence-electron chi connectivity index (χ4n) is 1.18. The van der Waals surface area contributed by atoms with Gasteiger partial charge in [0.25, 0.3) is 0 Å². The van der Waals surface area contributed by atoms with Crippen LogP contribution in [0.1, 0.15) is 26.0 Å². The zero-order chi connectivity index (χ0) is 9.52. The lowest BCUT2D eigenvalue weighted by atomic mass is 10.1. The molecular formula is C11H19NO. The minimum Gasteiger partial charge on any atom is -0.469 e. The Morgan fingerprint density at radius 1 is 1.38 bits per heavy atom. The van der Waals surface area contributed by atoms with Crippen molar-refractivity contribution >= 4 is 0 Å². The minimum absolute atomic E-state index is 0.788. The van der Waals surface area contributed by atoms with E-state index in [1.165, 1.54) is 6.42 Å². The second kappa shape index (κ2) is 5.81. The van der Waals surface area contributed by atoms with Gasteiger partial charge in [0, 0.05) is 13.0 Å². The summed E-state index contributed by atoms with van der Waals surface area (Å²) in [6.45, 7) is 6.61. The Labute approximate surface area is 80.3 Å². The zero-order valence-corrected chi connectivity index (χ0v) is 8.55. The first-order chi connectivity index (χ1) is 6.29. The molecule has 13 heavy (non-hydrogen) atoms. The highest BCUT2D eigenvalue weighted by Crippen LogP contribution is 2.00. The van der Waals surface area contributed by atoms with Gasteiger partial charge in [-0.3, -0.25) is 0 Å². The lowest BCUT2D eigenvalue weighted by Gasteiger charge is -2.05. The van der Waals surface area contributed by atoms with E-state index in [0.29, 0.717) is 0 Å². The van der Waals surface area contributed by atoms with Crippen LogP contribution in [0.3, 0.4) is 0 Å². The summed E-state index contributed by atoms with van der Waals surface area (Å²) in [7, 11) is 0. The van der Waals surface area contributed by atoms with Crippen molar-refractivity contribution in [3.63, 3.8) is 0 Å². The molecule has 0 saturated carbocycles. The highest BCUT2D eigenvalue weighted by molar-refractivity contribution is 4.98. The van der Waals surface area contributed by atoms with Crippen LogP contribution < -0.4 is 5.32 Å². The third-order valence-electron chi connectivity index (χ3n) is 2.03. The molecule has 0 atom stereocenters. The number of hydrogen-bond donors (Lipinski definition) is 1. The third kappa shape index (κ3) is 4.73. The van der Waals surface area contributed by atoms with E-state index >= 15 is 0 Å². The fraction of sp³-hybridized carbons (Fsp3) is 0.636. The molecule has 0 aliphatic rings. The van der Waals surface area contributed by atoms with Gasteiger partial charge in [-0.15, -0.1) is 0 Å². The smallest absolute Gasteiger partial charge is 0.105 e. The first kappa shape index (κ1) is 10.3. The average Bonchev–Trinajstić information content (AvgIpc) is 2.55. The molecule has 0 radical (unpaired) electrons. The quantitative estimate of drug-likeness (QED) is 0.682. The van der Waals surface area contributed by atoms with E-state index < -0.39 is 0 Å². The molecule has 2 nitrogen and oxygen atoms in total. The van der Waals surface area contributed by atoms with Gasteiger partial charge in [0.05, 0.1) is 6.26 Å². The summed E-state index contributed by atoms with van der Waals surface area (Å²) in [5.74, 6) is 1.85. The van der Waals surface area contributed by atoms with Crippen molar-refractivity contribution in [2.75, 3.05) is 13.1 Å². The summed E-state index contributed by atoms with van der Waals surface area (Å²) in [5, 5.41) is 3.40. The fourth-order valence-corrected chi connectivity index (χ4v) is 1.18. The van der Waals surface area contributed by atoms with Crippen molar-refractivity contribution in [3.05, 3.63) is 24.2 Å². The normalized spacial score (nSPS) is 11.0. The molecule has 0 fully saturated rings. The van der Waals surface area contributed by atoms with Crippen LogP contribution in [-0.2, 0) is 6.42 Å². The van der Waals surface area contributed by atoms with Crippen LogP contribution in [0.2, 0.25) is 0 Å². The van der Waals surface area contributed by atoms with Crippen LogP contribution in [0, 0.1) is 5.92 Å². The molecular weight excluding hydrogens is 162 g/mol. The van der Waals surface area contributed by atoms with Gasteiger partial charge >= 0.3 is 0 Å². The van der Waals surface area contributed by atoms with Crippen LogP contribution >= 0.6 is 0 Å². The molecule has 1 rings (SSSR count). The Morgan fingerprint density at radius 2 is 2.23 bits per heavy atom. The molecule has 1 heterocycles. The molecule has 1 aromatic rings. The first-order valence-electron chi connectivity index (χ1n) is 5.02. The van der Waals surface area contributed by atoms with E-state index in [1.807, 2.05) is 12.1 Å². The van der Waals surface area contributed by atoms with Crippen LogP contribution in [-0.4, -0.2) is 13.1 Å². The van der Waals surface area contributed by atoms with Crippen molar-refractivity contribution in [1.82, 2.24) is 5.32 Å². The van der Waals surface area contributed by atoms with Crippen LogP contribution in [0.4, 0.5) is 0 Å². The number of furan rings is 1. The molecule has 74 valence electrons. The molecule has 0 unspecified atom stereocenters. The van der Waals surface area contributed by atoms with Gasteiger partial charge in [-0.25, -0.2) is 0 Å². The molecule has 0 amide bonds. The number of nitrogens with one attached hydrogen (secondary N) is 1. The van der Waals surface area contributed by atoms with Gasteiger partial charge < -0.3 is 9.73 Å². The van der Waals surface area contributed by atoms with E-state index in [2.05, 4.69) is 19.2 Å². The van der Waals surface area contributed by atoms with Crippen LogP contribution in [0.25, 0.3) is 0 Å². The maximum Gasteiger partial charge on any atom is 0.105 e. The summed E-state index contributed by atoms with van der Waals surface area (Å²) < 4.78 is 5.22. The summed E-state index contributed by atoms with van der Waals surface area (Å²) in [6, 6.07) is 3.95. The largest absolute Gasteiger partial charge is 0.469 e. The van der Waals surface area contributed by atoms with Crippen LogP contribution in [0.5, 0.6) is 0 Å². The predicted molar refractivity (Wildman–Crippen MR) is 54.7 cm³/mol. The molecule has 0 spiro atoms. The van der Waals surface area contributed by atoms with Crippen molar-refractivity contribution in [2.24, 2.45) is 5.92 Å². The van der Waals surface area contributed by atoms with E-state index in [1.54, 1.807) is 6.26 Å². The Bertz CT molecular complexity index is 204. The lowest BCUT2D eigenvalue weighted by Crippen LogP contribution is -2.19. The number of rotatable bonds is 6. The summed E-state index contributed by atoms with van der Waals surface area (Å²) in [5.41, 5.74) is 0. The molecule has 1 aromatic heterocycles. The minimum atomic E-state index is 0.788. The van der Waals surface area contributed by atoms with E-state index in [4.69, 9.17) is 4.42 Å². The van der Waals surface area contributed by atoms with Gasteiger partial charge in [0.2, 0.25) is 0 Å². The third-order valence-corrected chi connectivity index (χ3v) is 2.03. The second-order valence-corrected chi connectivity index (χ2v) is 3.76. The van der Waals surface area contributed by atoms with E-state index in [-0.39, 0.29) is 0 Å². The van der Waals surface area contributed by atoms with Crippen molar-refractivity contribution in [2.45, 2.75) is 26.7 Å². The molecule has 0 saturated heterocycles. The monoisotopic (exact) mass is 181 g/mol. The highest BCUT2D eigenvalue weighted by atomic mass is 16.3. The molecule has 0 aliphatic heterocycles. The van der Waals surface area contributed by atoms with E-state index in [9.17, 15) is 0 Å². The Kier molecular flexibility index (Phi) is 4.61. The second-order valence-electron chi connectivity index (χ2n) is 3.76. The molecule has 0 bridgehead atoms. The standard InChI is InChI=1S/C11H19NO/c1-10(2)5-7-12-8-6-11-4-3-9-13-11/h3-4,9-10,12H,5-8H2,1-2H3. The Hall–Kier alpha value is -0.760. The summed E-state index contributed by atoms with van der Waals surface area (Å²) in [4.78, 5) is 0. The zero-order valence-electron chi connectivity index (χ0n) is 8.55. The topological polar surface area (TPSA) is 25.2 Å². The summed E-state index contributed by atoms with van der Waals surface area (Å²) in [6.07, 6.45) is 3.96. The molecule has 1 N–H and O–H groups in total. The SMILES string of the molecule is CC(C)CCNCCc1ccco1. The Morgan fingerprint density at radius 3 is 2.85 bits per heavy atom. The maximum absolute atomic E-state index is 5.22. The molecule has 0 aromatic carbocycles. The van der Waals surface area contributed by atoms with Crippen molar-refractivity contribution in [3.8, 4) is 0 Å². The van der Waals surface area contributed by atoms with Gasteiger partial charge in [-0.05, 0) is 31.0 Å². The Balaban J connectivity index is 1.96. The maximum atomic E-state index is 5.22. The van der Waals surface area contributed by atoms with Gasteiger partial charge in [0.1, 0.15) is 5.76 Å². The highest BCUT2D eigenvalue weighted by Gasteiger charge is 1.95. The van der Waals surface area contributed by atoms with Gasteiger partial charge in [-0.2, -0.15) is 0 Å². The van der Waals surface area contributed by atoms with E-state index in [0.717, 1.165) is 31.2 Å². The van der Waals surface area contributed by atoms with Crippen molar-refractivity contribution in [1.29, 1.82) is 0 Å². The average molecular weight is 181 g/mol. The van der Waals surface area contributed by atoms with Crippen molar-refractivity contribution < 1.29 is 4.42 Å². The number of hydrogen-bond acceptors (Lipinski definition) is 2. The van der Waals surface area contributed by atoms with Crippen LogP contribution in [0.15, 0.2) is 22.8 Å². The molecule has 0 aliphatic carbocycles. The predicted octanol–water partition coefficient (Wildman–Crippen LogP) is 2.46. The molecule has 2 heteroatoms. The van der Waals surface area contributed by atoms with Gasteiger partial charge in [0.15, 0.2) is 0 Å². The lowest BCUT2D eigenvalue weighted by molar-refractivity contribution is 0.488. The first-order valence-corrected chi connectivity index (χ1v) is 5.02. The van der Waals surface area contributed by atoms with Gasteiger partial charge in [-0.1, -0.05) is 13.8 Å². The summed E-state index contributed by atoms with van der Waals surface area (Å²) >= 11 is 0.